The van der Waals surface area contributed by atoms with E-state index < -0.39 is 0 Å². The van der Waals surface area contributed by atoms with Crippen LogP contribution in [0.5, 0.6) is 5.75 Å². The van der Waals surface area contributed by atoms with Gasteiger partial charge in [0.15, 0.2) is 0 Å². The standard InChI is InChI=1S/C13H17NO/c15-13-4-2-1-3-10(13)5-6-14-8-11-7-12(11)9-14/h1-4,11-12,15H,5-9H2. The lowest BCUT2D eigenvalue weighted by Gasteiger charge is -2.17. The second-order valence-electron chi connectivity index (χ2n) is 4.89. The zero-order valence-electron chi connectivity index (χ0n) is 8.89. The highest BCUT2D eigenvalue weighted by Gasteiger charge is 2.44. The third-order valence-electron chi connectivity index (χ3n) is 3.74. The third kappa shape index (κ3) is 1.86. The molecule has 2 fully saturated rings. The van der Waals surface area contributed by atoms with Gasteiger partial charge >= 0.3 is 0 Å². The van der Waals surface area contributed by atoms with Crippen LogP contribution in [-0.2, 0) is 6.42 Å². The lowest BCUT2D eigenvalue weighted by molar-refractivity contribution is 0.307. The highest BCUT2D eigenvalue weighted by molar-refractivity contribution is 5.31. The molecule has 1 heterocycles. The van der Waals surface area contributed by atoms with Crippen molar-refractivity contribution in [3.63, 3.8) is 0 Å². The monoisotopic (exact) mass is 203 g/mol. The van der Waals surface area contributed by atoms with Crippen LogP contribution in [0.2, 0.25) is 0 Å². The van der Waals surface area contributed by atoms with Crippen molar-refractivity contribution in [1.82, 2.24) is 4.90 Å². The molecule has 2 unspecified atom stereocenters. The van der Waals surface area contributed by atoms with Gasteiger partial charge in [-0.1, -0.05) is 18.2 Å². The van der Waals surface area contributed by atoms with Gasteiger partial charge in [0.2, 0.25) is 0 Å². The van der Waals surface area contributed by atoms with Crippen LogP contribution < -0.4 is 0 Å². The van der Waals surface area contributed by atoms with E-state index in [-0.39, 0.29) is 0 Å². The fourth-order valence-electron chi connectivity index (χ4n) is 2.68. The number of hydrogen-bond donors (Lipinski definition) is 1. The van der Waals surface area contributed by atoms with E-state index in [1.807, 2.05) is 18.2 Å². The molecule has 2 atom stereocenters. The van der Waals surface area contributed by atoms with Crippen LogP contribution in [-0.4, -0.2) is 29.6 Å². The predicted molar refractivity (Wildman–Crippen MR) is 59.8 cm³/mol. The zero-order chi connectivity index (χ0) is 10.3. The molecular weight excluding hydrogens is 186 g/mol. The van der Waals surface area contributed by atoms with E-state index in [1.54, 1.807) is 6.07 Å². The number of hydrogen-bond acceptors (Lipinski definition) is 2. The molecular formula is C13H17NO. The van der Waals surface area contributed by atoms with Gasteiger partial charge in [-0.25, -0.2) is 0 Å². The van der Waals surface area contributed by atoms with Gasteiger partial charge in [-0.05, 0) is 36.3 Å². The first-order chi connectivity index (χ1) is 7.33. The molecule has 0 spiro atoms. The van der Waals surface area contributed by atoms with E-state index in [0.29, 0.717) is 5.75 Å². The molecule has 1 aromatic carbocycles. The highest BCUT2D eigenvalue weighted by atomic mass is 16.3. The van der Waals surface area contributed by atoms with Crippen molar-refractivity contribution in [3.05, 3.63) is 29.8 Å². The van der Waals surface area contributed by atoms with Crippen molar-refractivity contribution in [2.75, 3.05) is 19.6 Å². The number of phenols is 1. The van der Waals surface area contributed by atoms with Crippen molar-refractivity contribution in [2.45, 2.75) is 12.8 Å². The molecule has 3 rings (SSSR count). The topological polar surface area (TPSA) is 23.5 Å². The minimum atomic E-state index is 0.446. The average Bonchev–Trinajstić information content (AvgIpc) is 2.85. The van der Waals surface area contributed by atoms with Crippen LogP contribution >= 0.6 is 0 Å². The Morgan fingerprint density at radius 3 is 2.67 bits per heavy atom. The molecule has 15 heavy (non-hydrogen) atoms. The van der Waals surface area contributed by atoms with Crippen LogP contribution in [0, 0.1) is 11.8 Å². The van der Waals surface area contributed by atoms with E-state index in [9.17, 15) is 5.11 Å². The summed E-state index contributed by atoms with van der Waals surface area (Å²) in [6.07, 6.45) is 2.44. The minimum absolute atomic E-state index is 0.446. The summed E-state index contributed by atoms with van der Waals surface area (Å²) >= 11 is 0. The van der Waals surface area contributed by atoms with Crippen molar-refractivity contribution in [3.8, 4) is 5.75 Å². The molecule has 1 saturated heterocycles. The van der Waals surface area contributed by atoms with Crippen LogP contribution in [0.4, 0.5) is 0 Å². The second kappa shape index (κ2) is 3.53. The van der Waals surface area contributed by atoms with Crippen molar-refractivity contribution in [2.24, 2.45) is 11.8 Å². The van der Waals surface area contributed by atoms with Gasteiger partial charge in [-0.3, -0.25) is 0 Å². The van der Waals surface area contributed by atoms with Gasteiger partial charge in [0.25, 0.3) is 0 Å². The van der Waals surface area contributed by atoms with Crippen LogP contribution in [0.15, 0.2) is 24.3 Å². The molecule has 1 saturated carbocycles. The van der Waals surface area contributed by atoms with E-state index in [0.717, 1.165) is 30.4 Å². The summed E-state index contributed by atoms with van der Waals surface area (Å²) in [4.78, 5) is 2.53. The van der Waals surface area contributed by atoms with E-state index in [1.165, 1.54) is 19.5 Å². The predicted octanol–water partition coefficient (Wildman–Crippen LogP) is 1.89. The number of fused-ring (bicyclic) bond motifs is 1. The molecule has 2 heteroatoms. The first kappa shape index (κ1) is 9.22. The number of nitrogens with zero attached hydrogens (tertiary/aromatic N) is 1. The normalized spacial score (nSPS) is 29.1. The molecule has 80 valence electrons. The maximum absolute atomic E-state index is 9.63. The number of benzene rings is 1. The molecule has 1 N–H and O–H groups in total. The zero-order valence-corrected chi connectivity index (χ0v) is 8.89. The van der Waals surface area contributed by atoms with Gasteiger partial charge in [0.05, 0.1) is 0 Å². The van der Waals surface area contributed by atoms with Crippen molar-refractivity contribution in [1.29, 1.82) is 0 Å². The SMILES string of the molecule is Oc1ccccc1CCN1CC2CC2C1. The Labute approximate surface area is 90.5 Å². The lowest BCUT2D eigenvalue weighted by atomic mass is 10.1. The van der Waals surface area contributed by atoms with Gasteiger partial charge in [-0.15, -0.1) is 0 Å². The number of phenolic OH excluding ortho intramolecular Hbond substituents is 1. The molecule has 1 aromatic rings. The third-order valence-corrected chi connectivity index (χ3v) is 3.74. The molecule has 0 bridgehead atoms. The molecule has 2 nitrogen and oxygen atoms in total. The summed E-state index contributed by atoms with van der Waals surface area (Å²) in [5.74, 6) is 2.46. The second-order valence-corrected chi connectivity index (χ2v) is 4.89. The minimum Gasteiger partial charge on any atom is -0.508 e. The molecule has 1 aliphatic heterocycles. The molecule has 0 amide bonds. The van der Waals surface area contributed by atoms with Crippen LogP contribution in [0.1, 0.15) is 12.0 Å². The van der Waals surface area contributed by atoms with Gasteiger partial charge in [0.1, 0.15) is 5.75 Å². The van der Waals surface area contributed by atoms with E-state index in [2.05, 4.69) is 4.90 Å². The van der Waals surface area contributed by atoms with E-state index >= 15 is 0 Å². The van der Waals surface area contributed by atoms with Gasteiger partial charge < -0.3 is 10.0 Å². The summed E-state index contributed by atoms with van der Waals surface area (Å²) in [6, 6.07) is 7.67. The molecule has 2 aliphatic rings. The summed E-state index contributed by atoms with van der Waals surface area (Å²) in [5, 5.41) is 9.63. The summed E-state index contributed by atoms with van der Waals surface area (Å²) < 4.78 is 0. The lowest BCUT2D eigenvalue weighted by Crippen LogP contribution is -2.25. The van der Waals surface area contributed by atoms with Crippen LogP contribution in [0.25, 0.3) is 0 Å². The first-order valence-corrected chi connectivity index (χ1v) is 5.82. The molecule has 0 radical (unpaired) electrons. The Morgan fingerprint density at radius 2 is 1.93 bits per heavy atom. The van der Waals surface area contributed by atoms with Crippen molar-refractivity contribution >= 4 is 0 Å². The fourth-order valence-corrected chi connectivity index (χ4v) is 2.68. The van der Waals surface area contributed by atoms with E-state index in [4.69, 9.17) is 0 Å². The number of aromatic hydroxyl groups is 1. The Morgan fingerprint density at radius 1 is 1.20 bits per heavy atom. The Bertz CT molecular complexity index is 353. The maximum atomic E-state index is 9.63. The maximum Gasteiger partial charge on any atom is 0.118 e. The summed E-state index contributed by atoms with van der Waals surface area (Å²) in [7, 11) is 0. The average molecular weight is 203 g/mol. The highest BCUT2D eigenvalue weighted by Crippen LogP contribution is 2.44. The number of rotatable bonds is 3. The summed E-state index contributed by atoms with van der Waals surface area (Å²) in [5.41, 5.74) is 1.08. The Hall–Kier alpha value is -1.02. The number of piperidine rings is 1. The van der Waals surface area contributed by atoms with Gasteiger partial charge in [0, 0.05) is 19.6 Å². The summed E-state index contributed by atoms with van der Waals surface area (Å²) in [6.45, 7) is 3.68. The smallest absolute Gasteiger partial charge is 0.118 e. The largest absolute Gasteiger partial charge is 0.508 e. The van der Waals surface area contributed by atoms with Gasteiger partial charge in [-0.2, -0.15) is 0 Å². The fraction of sp³-hybridized carbons (Fsp3) is 0.538. The first-order valence-electron chi connectivity index (χ1n) is 5.82. The number of para-hydroxylation sites is 1. The molecule has 1 aliphatic carbocycles. The molecule has 0 aromatic heterocycles. The van der Waals surface area contributed by atoms with Crippen LogP contribution in [0.3, 0.4) is 0 Å². The number of likely N-dealkylation sites (tertiary alicyclic amines) is 1. The Kier molecular flexibility index (Phi) is 2.17. The quantitative estimate of drug-likeness (QED) is 0.811. The van der Waals surface area contributed by atoms with Crippen molar-refractivity contribution < 1.29 is 5.11 Å². The Balaban J connectivity index is 1.55.